The Kier molecular flexibility index (Phi) is 7.44. The van der Waals surface area contributed by atoms with Crippen molar-refractivity contribution in [1.82, 2.24) is 4.90 Å². The van der Waals surface area contributed by atoms with Gasteiger partial charge in [-0.05, 0) is 42.0 Å². The number of carbonyl (C=O) groups is 2. The summed E-state index contributed by atoms with van der Waals surface area (Å²) in [5.41, 5.74) is 2.21. The summed E-state index contributed by atoms with van der Waals surface area (Å²) in [7, 11) is 0. The number of furan rings is 1. The number of aliphatic carboxylic acids is 1. The third-order valence-electron chi connectivity index (χ3n) is 4.78. The molecule has 1 aromatic heterocycles. The molecule has 0 bridgehead atoms. The summed E-state index contributed by atoms with van der Waals surface area (Å²) < 4.78 is 6.16. The van der Waals surface area contributed by atoms with E-state index in [1.807, 2.05) is 24.5 Å². The standard InChI is InChI=1S/C22H23NO4S3/c1-13(2)14-4-6-15(7-5-14)18-9-8-16(27-18)12-19-20(24)23(22(28)30-19)17(21(25)26)10-11-29-3/h4-9,12-13,17H,10-11H2,1-3H3,(H,25,26)/b19-12+/t17-/m1/s1. The van der Waals surface area contributed by atoms with Crippen LogP contribution in [0.1, 0.15) is 37.5 Å². The molecule has 1 aromatic carbocycles. The minimum atomic E-state index is -1.05. The summed E-state index contributed by atoms with van der Waals surface area (Å²) in [6.07, 6.45) is 3.86. The molecule has 1 saturated heterocycles. The number of carboxylic acids is 1. The van der Waals surface area contributed by atoms with Gasteiger partial charge in [0.2, 0.25) is 0 Å². The Balaban J connectivity index is 1.80. The van der Waals surface area contributed by atoms with Crippen molar-refractivity contribution in [2.45, 2.75) is 32.2 Å². The molecule has 0 unspecified atom stereocenters. The van der Waals surface area contributed by atoms with Crippen LogP contribution in [0.5, 0.6) is 0 Å². The summed E-state index contributed by atoms with van der Waals surface area (Å²) in [5, 5.41) is 9.54. The summed E-state index contributed by atoms with van der Waals surface area (Å²) in [6, 6.07) is 10.9. The van der Waals surface area contributed by atoms with Crippen LogP contribution in [0.15, 0.2) is 45.7 Å². The second-order valence-corrected chi connectivity index (χ2v) is 9.83. The molecule has 30 heavy (non-hydrogen) atoms. The molecule has 1 aliphatic rings. The van der Waals surface area contributed by atoms with Crippen molar-refractivity contribution in [3.05, 3.63) is 52.6 Å². The van der Waals surface area contributed by atoms with E-state index in [2.05, 4.69) is 26.0 Å². The molecule has 1 N–H and O–H groups in total. The lowest BCUT2D eigenvalue weighted by molar-refractivity contribution is -0.145. The predicted octanol–water partition coefficient (Wildman–Crippen LogP) is 5.48. The van der Waals surface area contributed by atoms with Gasteiger partial charge in [-0.3, -0.25) is 9.69 Å². The first kappa shape index (κ1) is 22.7. The van der Waals surface area contributed by atoms with Crippen molar-refractivity contribution in [3.8, 4) is 11.3 Å². The number of rotatable bonds is 8. The van der Waals surface area contributed by atoms with Crippen LogP contribution in [-0.2, 0) is 9.59 Å². The zero-order valence-electron chi connectivity index (χ0n) is 17.0. The maximum atomic E-state index is 12.8. The third-order valence-corrected chi connectivity index (χ3v) is 6.75. The molecule has 5 nitrogen and oxygen atoms in total. The number of carbonyl (C=O) groups excluding carboxylic acids is 1. The number of hydrogen-bond donors (Lipinski definition) is 1. The van der Waals surface area contributed by atoms with Crippen molar-refractivity contribution >= 4 is 58.0 Å². The van der Waals surface area contributed by atoms with Crippen LogP contribution in [0.4, 0.5) is 0 Å². The van der Waals surface area contributed by atoms with Gasteiger partial charge in [0.1, 0.15) is 21.9 Å². The first-order valence-corrected chi connectivity index (χ1v) is 12.1. The number of thioether (sulfide) groups is 2. The highest BCUT2D eigenvalue weighted by molar-refractivity contribution is 8.26. The first-order chi connectivity index (χ1) is 14.3. The topological polar surface area (TPSA) is 70.8 Å². The lowest BCUT2D eigenvalue weighted by atomic mass is 10.0. The van der Waals surface area contributed by atoms with Crippen molar-refractivity contribution < 1.29 is 19.1 Å². The van der Waals surface area contributed by atoms with E-state index in [9.17, 15) is 14.7 Å². The van der Waals surface area contributed by atoms with E-state index in [0.29, 0.717) is 34.5 Å². The molecule has 2 aromatic rings. The van der Waals surface area contributed by atoms with Crippen LogP contribution < -0.4 is 0 Å². The molecular weight excluding hydrogens is 438 g/mol. The van der Waals surface area contributed by atoms with E-state index in [1.54, 1.807) is 12.1 Å². The van der Waals surface area contributed by atoms with Gasteiger partial charge >= 0.3 is 5.97 Å². The molecule has 2 heterocycles. The van der Waals surface area contributed by atoms with Gasteiger partial charge in [-0.1, -0.05) is 62.1 Å². The summed E-state index contributed by atoms with van der Waals surface area (Å²) >= 11 is 7.94. The normalized spacial score (nSPS) is 16.7. The maximum absolute atomic E-state index is 12.8. The predicted molar refractivity (Wildman–Crippen MR) is 128 cm³/mol. The van der Waals surface area contributed by atoms with E-state index >= 15 is 0 Å². The van der Waals surface area contributed by atoms with E-state index in [-0.39, 0.29) is 4.32 Å². The van der Waals surface area contributed by atoms with Crippen LogP contribution in [0, 0.1) is 0 Å². The lowest BCUT2D eigenvalue weighted by Gasteiger charge is -2.22. The Morgan fingerprint density at radius 2 is 1.97 bits per heavy atom. The third kappa shape index (κ3) is 4.99. The van der Waals surface area contributed by atoms with E-state index in [4.69, 9.17) is 16.6 Å². The molecule has 0 saturated carbocycles. The molecule has 1 atom stereocenters. The second-order valence-electron chi connectivity index (χ2n) is 7.17. The molecule has 1 amide bonds. The highest BCUT2D eigenvalue weighted by Crippen LogP contribution is 2.35. The van der Waals surface area contributed by atoms with Crippen LogP contribution in [-0.4, -0.2) is 44.3 Å². The monoisotopic (exact) mass is 461 g/mol. The fourth-order valence-corrected chi connectivity index (χ4v) is 4.88. The minimum Gasteiger partial charge on any atom is -0.480 e. The maximum Gasteiger partial charge on any atom is 0.326 e. The van der Waals surface area contributed by atoms with Gasteiger partial charge in [-0.25, -0.2) is 4.79 Å². The number of carboxylic acid groups (broad SMARTS) is 1. The molecule has 158 valence electrons. The van der Waals surface area contributed by atoms with Crippen LogP contribution >= 0.6 is 35.7 Å². The second kappa shape index (κ2) is 9.85. The summed E-state index contributed by atoms with van der Waals surface area (Å²) in [5.74, 6) is 0.873. The number of amides is 1. The fraction of sp³-hybridized carbons (Fsp3) is 0.318. The zero-order valence-corrected chi connectivity index (χ0v) is 19.4. The average molecular weight is 462 g/mol. The molecule has 8 heteroatoms. The fourth-order valence-electron chi connectivity index (χ4n) is 3.09. The molecular formula is C22H23NO4S3. The van der Waals surface area contributed by atoms with Crippen molar-refractivity contribution in [2.75, 3.05) is 12.0 Å². The van der Waals surface area contributed by atoms with Crippen molar-refractivity contribution in [3.63, 3.8) is 0 Å². The molecule has 1 aliphatic heterocycles. The van der Waals surface area contributed by atoms with Gasteiger partial charge in [0.15, 0.2) is 0 Å². The SMILES string of the molecule is CSCC[C@H](C(=O)O)N1C(=O)/C(=C\c2ccc(-c3ccc(C(C)C)cc3)o2)SC1=S. The quantitative estimate of drug-likeness (QED) is 0.412. The number of benzene rings is 1. The van der Waals surface area contributed by atoms with Crippen LogP contribution in [0.3, 0.4) is 0 Å². The zero-order chi connectivity index (χ0) is 21.8. The Hall–Kier alpha value is -2.03. The lowest BCUT2D eigenvalue weighted by Crippen LogP contribution is -2.44. The summed E-state index contributed by atoms with van der Waals surface area (Å²) in [4.78, 5) is 26.1. The largest absolute Gasteiger partial charge is 0.480 e. The molecule has 0 radical (unpaired) electrons. The highest BCUT2D eigenvalue weighted by atomic mass is 32.2. The minimum absolute atomic E-state index is 0.260. The van der Waals surface area contributed by atoms with Crippen molar-refractivity contribution in [2.24, 2.45) is 0 Å². The Morgan fingerprint density at radius 3 is 2.57 bits per heavy atom. The smallest absolute Gasteiger partial charge is 0.326 e. The number of nitrogens with zero attached hydrogens (tertiary/aromatic N) is 1. The van der Waals surface area contributed by atoms with E-state index in [1.165, 1.54) is 22.2 Å². The van der Waals surface area contributed by atoms with Gasteiger partial charge in [-0.2, -0.15) is 11.8 Å². The van der Waals surface area contributed by atoms with Gasteiger partial charge in [0.05, 0.1) is 4.91 Å². The Morgan fingerprint density at radius 1 is 1.27 bits per heavy atom. The first-order valence-electron chi connectivity index (χ1n) is 9.50. The summed E-state index contributed by atoms with van der Waals surface area (Å²) in [6.45, 7) is 4.29. The van der Waals surface area contributed by atoms with Gasteiger partial charge < -0.3 is 9.52 Å². The van der Waals surface area contributed by atoms with E-state index in [0.717, 1.165) is 17.3 Å². The van der Waals surface area contributed by atoms with Crippen molar-refractivity contribution in [1.29, 1.82) is 0 Å². The average Bonchev–Trinajstić information content (AvgIpc) is 3.28. The Labute approximate surface area is 189 Å². The number of thiocarbonyl (C=S) groups is 1. The van der Waals surface area contributed by atoms with Crippen LogP contribution in [0.25, 0.3) is 17.4 Å². The Bertz CT molecular complexity index is 979. The number of hydrogen-bond acceptors (Lipinski definition) is 6. The molecule has 0 spiro atoms. The molecule has 0 aliphatic carbocycles. The van der Waals surface area contributed by atoms with Gasteiger partial charge in [-0.15, -0.1) is 0 Å². The molecule has 1 fully saturated rings. The highest BCUT2D eigenvalue weighted by Gasteiger charge is 2.40. The van der Waals surface area contributed by atoms with Gasteiger partial charge in [0, 0.05) is 11.6 Å². The van der Waals surface area contributed by atoms with Gasteiger partial charge in [0.25, 0.3) is 5.91 Å². The van der Waals surface area contributed by atoms with E-state index < -0.39 is 17.9 Å². The van der Waals surface area contributed by atoms with Crippen LogP contribution in [0.2, 0.25) is 0 Å². The molecule has 3 rings (SSSR count).